The third-order valence-corrected chi connectivity index (χ3v) is 6.70. The second-order valence-corrected chi connectivity index (χ2v) is 9.00. The molecule has 0 N–H and O–H groups in total. The van der Waals surface area contributed by atoms with E-state index in [4.69, 9.17) is 0 Å². The molecular weight excluding hydrogens is 370 g/mol. The number of amides is 2. The van der Waals surface area contributed by atoms with Crippen LogP contribution in [-0.4, -0.2) is 43.0 Å². The summed E-state index contributed by atoms with van der Waals surface area (Å²) in [5.74, 6) is -0.281. The minimum Gasteiger partial charge on any atom is -0.288 e. The van der Waals surface area contributed by atoms with Gasteiger partial charge in [0.05, 0.1) is 34.2 Å². The highest BCUT2D eigenvalue weighted by Crippen LogP contribution is 2.38. The van der Waals surface area contributed by atoms with Crippen molar-refractivity contribution in [2.24, 2.45) is 0 Å². The van der Waals surface area contributed by atoms with E-state index in [2.05, 4.69) is 0 Å². The predicted molar refractivity (Wildman–Crippen MR) is 101 cm³/mol. The van der Waals surface area contributed by atoms with Crippen LogP contribution in [0.3, 0.4) is 0 Å². The van der Waals surface area contributed by atoms with Crippen molar-refractivity contribution in [3.8, 4) is 0 Å². The monoisotopic (exact) mass is 387 g/mol. The summed E-state index contributed by atoms with van der Waals surface area (Å²) in [5.41, 5.74) is 1.82. The maximum absolute atomic E-state index is 13.2. The molecule has 0 spiro atoms. The number of fused-ring (bicyclic) bond motifs is 1. The molecule has 4 rings (SSSR count). The molecule has 2 atom stereocenters. The first kappa shape index (κ1) is 17.5. The second kappa shape index (κ2) is 6.05. The number of nitrogens with zero attached hydrogens (tertiary/aromatic N) is 3. The SMILES string of the molecule is Cc1ccc(N2C(=O)N(c3cccc([N+](=O)[O-])c3)[C@H]3CS(=O)(=O)C[C@@H]32)cc1. The first-order chi connectivity index (χ1) is 12.8. The van der Waals surface area contributed by atoms with Crippen LogP contribution in [0.4, 0.5) is 21.9 Å². The highest BCUT2D eigenvalue weighted by molar-refractivity contribution is 7.91. The van der Waals surface area contributed by atoms with Crippen molar-refractivity contribution in [2.75, 3.05) is 21.3 Å². The number of aryl methyl sites for hydroxylation is 1. The van der Waals surface area contributed by atoms with Crippen LogP contribution in [0.15, 0.2) is 48.5 Å². The van der Waals surface area contributed by atoms with Crippen molar-refractivity contribution >= 4 is 32.9 Å². The van der Waals surface area contributed by atoms with Gasteiger partial charge in [-0.2, -0.15) is 0 Å². The fourth-order valence-corrected chi connectivity index (χ4v) is 5.69. The summed E-state index contributed by atoms with van der Waals surface area (Å²) >= 11 is 0. The van der Waals surface area contributed by atoms with Crippen molar-refractivity contribution < 1.29 is 18.1 Å². The summed E-state index contributed by atoms with van der Waals surface area (Å²) < 4.78 is 24.5. The van der Waals surface area contributed by atoms with Crippen LogP contribution in [0.5, 0.6) is 0 Å². The predicted octanol–water partition coefficient (Wildman–Crippen LogP) is 2.52. The number of sulfone groups is 1. The van der Waals surface area contributed by atoms with Gasteiger partial charge in [-0.1, -0.05) is 23.8 Å². The molecule has 8 nitrogen and oxygen atoms in total. The standard InChI is InChI=1S/C18H17N3O5S/c1-12-5-7-13(8-6-12)19-16-10-27(25,26)11-17(16)20(18(19)22)14-3-2-4-15(9-14)21(23)24/h2-9,16-17H,10-11H2,1H3/t16-,17-/m0/s1. The van der Waals surface area contributed by atoms with Gasteiger partial charge in [-0.15, -0.1) is 0 Å². The third kappa shape index (κ3) is 2.93. The Morgan fingerprint density at radius 2 is 1.59 bits per heavy atom. The maximum atomic E-state index is 13.2. The van der Waals surface area contributed by atoms with Gasteiger partial charge >= 0.3 is 6.03 Å². The van der Waals surface area contributed by atoms with Gasteiger partial charge in [0.15, 0.2) is 9.84 Å². The number of anilines is 2. The average Bonchev–Trinajstić information content (AvgIpc) is 3.04. The van der Waals surface area contributed by atoms with Gasteiger partial charge in [-0.3, -0.25) is 19.9 Å². The van der Waals surface area contributed by atoms with Crippen LogP contribution < -0.4 is 9.80 Å². The van der Waals surface area contributed by atoms with Crippen molar-refractivity contribution in [1.29, 1.82) is 0 Å². The van der Waals surface area contributed by atoms with Gasteiger partial charge in [-0.25, -0.2) is 13.2 Å². The van der Waals surface area contributed by atoms with E-state index in [0.29, 0.717) is 11.4 Å². The molecule has 2 aliphatic heterocycles. The molecule has 0 saturated carbocycles. The van der Waals surface area contributed by atoms with Gasteiger partial charge < -0.3 is 0 Å². The van der Waals surface area contributed by atoms with E-state index in [1.54, 1.807) is 18.2 Å². The number of nitro benzene ring substituents is 1. The number of urea groups is 1. The molecule has 2 aliphatic rings. The van der Waals surface area contributed by atoms with Crippen LogP contribution in [0.25, 0.3) is 0 Å². The Kier molecular flexibility index (Phi) is 3.92. The number of carbonyl (C=O) groups excluding carboxylic acids is 1. The Hall–Kier alpha value is -2.94. The minimum atomic E-state index is -3.31. The quantitative estimate of drug-likeness (QED) is 0.458. The fraction of sp³-hybridized carbons (Fsp3) is 0.278. The summed E-state index contributed by atoms with van der Waals surface area (Å²) in [6.45, 7) is 1.92. The second-order valence-electron chi connectivity index (χ2n) is 6.85. The van der Waals surface area contributed by atoms with E-state index in [1.807, 2.05) is 19.1 Å². The number of carbonyl (C=O) groups is 1. The van der Waals surface area contributed by atoms with Crippen LogP contribution in [0.2, 0.25) is 0 Å². The van der Waals surface area contributed by atoms with E-state index in [0.717, 1.165) is 5.56 Å². The summed E-state index contributed by atoms with van der Waals surface area (Å²) in [4.78, 5) is 26.6. The van der Waals surface area contributed by atoms with Crippen molar-refractivity contribution in [3.05, 3.63) is 64.2 Å². The molecule has 27 heavy (non-hydrogen) atoms. The molecule has 2 amide bonds. The van der Waals surface area contributed by atoms with Crippen molar-refractivity contribution in [1.82, 2.24) is 0 Å². The van der Waals surface area contributed by atoms with E-state index in [-0.39, 0.29) is 23.2 Å². The smallest absolute Gasteiger partial charge is 0.288 e. The number of benzene rings is 2. The first-order valence-electron chi connectivity index (χ1n) is 8.41. The Balaban J connectivity index is 1.80. The fourth-order valence-electron chi connectivity index (χ4n) is 3.77. The van der Waals surface area contributed by atoms with E-state index < -0.39 is 26.8 Å². The lowest BCUT2D eigenvalue weighted by Gasteiger charge is -2.22. The highest BCUT2D eigenvalue weighted by Gasteiger charge is 2.54. The van der Waals surface area contributed by atoms with Gasteiger partial charge in [0.1, 0.15) is 0 Å². The van der Waals surface area contributed by atoms with Gasteiger partial charge in [0.2, 0.25) is 0 Å². The molecule has 2 fully saturated rings. The average molecular weight is 387 g/mol. The largest absolute Gasteiger partial charge is 0.329 e. The van der Waals surface area contributed by atoms with E-state index >= 15 is 0 Å². The molecule has 0 aromatic heterocycles. The number of hydrogen-bond donors (Lipinski definition) is 0. The van der Waals surface area contributed by atoms with Gasteiger partial charge in [0, 0.05) is 17.8 Å². The Morgan fingerprint density at radius 3 is 2.19 bits per heavy atom. The maximum Gasteiger partial charge on any atom is 0.329 e. The normalized spacial score (nSPS) is 23.5. The number of hydrogen-bond acceptors (Lipinski definition) is 5. The zero-order chi connectivity index (χ0) is 19.3. The number of rotatable bonds is 3. The molecule has 0 unspecified atom stereocenters. The van der Waals surface area contributed by atoms with Crippen LogP contribution in [-0.2, 0) is 9.84 Å². The lowest BCUT2D eigenvalue weighted by molar-refractivity contribution is -0.384. The zero-order valence-electron chi connectivity index (χ0n) is 14.5. The summed E-state index contributed by atoms with van der Waals surface area (Å²) in [5, 5.41) is 11.1. The number of nitro groups is 1. The summed E-state index contributed by atoms with van der Waals surface area (Å²) in [6.07, 6.45) is 0. The van der Waals surface area contributed by atoms with Gasteiger partial charge in [-0.05, 0) is 25.1 Å². The number of non-ortho nitro benzene ring substituents is 1. The zero-order valence-corrected chi connectivity index (χ0v) is 15.3. The van der Waals surface area contributed by atoms with Crippen molar-refractivity contribution in [2.45, 2.75) is 19.0 Å². The Bertz CT molecular complexity index is 1040. The molecule has 0 radical (unpaired) electrons. The van der Waals surface area contributed by atoms with Crippen molar-refractivity contribution in [3.63, 3.8) is 0 Å². The molecule has 140 valence electrons. The first-order valence-corrected chi connectivity index (χ1v) is 10.2. The van der Waals surface area contributed by atoms with Crippen LogP contribution >= 0.6 is 0 Å². The summed E-state index contributed by atoms with van der Waals surface area (Å²) in [7, 11) is -3.31. The molecule has 0 aliphatic carbocycles. The molecule has 0 bridgehead atoms. The van der Waals surface area contributed by atoms with Crippen LogP contribution in [0, 0.1) is 17.0 Å². The van der Waals surface area contributed by atoms with E-state index in [1.165, 1.54) is 28.0 Å². The minimum absolute atomic E-state index is 0.122. The molecule has 2 aromatic carbocycles. The molecule has 2 heterocycles. The molecular formula is C18H17N3O5S. The van der Waals surface area contributed by atoms with E-state index in [9.17, 15) is 23.3 Å². The summed E-state index contributed by atoms with van der Waals surface area (Å²) in [6, 6.07) is 11.5. The van der Waals surface area contributed by atoms with Crippen LogP contribution in [0.1, 0.15) is 5.56 Å². The van der Waals surface area contributed by atoms with Gasteiger partial charge in [0.25, 0.3) is 5.69 Å². The Labute approximate surface area is 156 Å². The lowest BCUT2D eigenvalue weighted by atomic mass is 10.1. The highest BCUT2D eigenvalue weighted by atomic mass is 32.2. The lowest BCUT2D eigenvalue weighted by Crippen LogP contribution is -2.37. The Morgan fingerprint density at radius 1 is 1.00 bits per heavy atom. The molecule has 9 heteroatoms. The topological polar surface area (TPSA) is 101 Å². The third-order valence-electron chi connectivity index (χ3n) is 5.00. The molecule has 2 aromatic rings. The molecule has 2 saturated heterocycles.